The van der Waals surface area contributed by atoms with E-state index in [0.29, 0.717) is 12.2 Å². The van der Waals surface area contributed by atoms with Crippen molar-refractivity contribution in [3.63, 3.8) is 0 Å². The van der Waals surface area contributed by atoms with Gasteiger partial charge in [-0.3, -0.25) is 10.1 Å². The van der Waals surface area contributed by atoms with Crippen molar-refractivity contribution < 1.29 is 18.1 Å². The molecule has 0 bridgehead atoms. The third-order valence-electron chi connectivity index (χ3n) is 2.51. The molecule has 2 N–H and O–H groups in total. The average molecular weight is 291 g/mol. The maximum absolute atomic E-state index is 12.1. The molecule has 0 spiro atoms. The van der Waals surface area contributed by atoms with Gasteiger partial charge in [-0.05, 0) is 18.6 Å². The predicted molar refractivity (Wildman–Crippen MR) is 71.0 cm³/mol. The van der Waals surface area contributed by atoms with Crippen LogP contribution in [0.2, 0.25) is 0 Å². The molecule has 20 heavy (non-hydrogen) atoms. The van der Waals surface area contributed by atoms with E-state index >= 15 is 0 Å². The molecule has 1 aromatic carbocycles. The largest absolute Gasteiger partial charge is 0.390 e. The normalized spacial score (nSPS) is 11.2. The van der Waals surface area contributed by atoms with Gasteiger partial charge in [0.1, 0.15) is 11.4 Å². The van der Waals surface area contributed by atoms with Crippen LogP contribution in [-0.4, -0.2) is 24.2 Å². The molecule has 0 saturated carbocycles. The Morgan fingerprint density at radius 3 is 2.20 bits per heavy atom. The third kappa shape index (κ3) is 4.94. The highest BCUT2D eigenvalue weighted by atomic mass is 19.4. The fourth-order valence-corrected chi connectivity index (χ4v) is 1.62. The first-order valence-electron chi connectivity index (χ1n) is 6.17. The van der Waals surface area contributed by atoms with Crippen LogP contribution in [0.1, 0.15) is 19.8 Å². The minimum absolute atomic E-state index is 0.0837. The standard InChI is InChI=1S/C12H16F3N3O2/c1-2-7-16-9-4-3-5-10(11(9)18(19)20)17-8-6-12(13,14)15/h3-5,16-17H,2,6-8H2,1H3. The van der Waals surface area contributed by atoms with E-state index in [-0.39, 0.29) is 11.4 Å². The van der Waals surface area contributed by atoms with Crippen molar-refractivity contribution in [3.8, 4) is 0 Å². The lowest BCUT2D eigenvalue weighted by atomic mass is 10.2. The van der Waals surface area contributed by atoms with Gasteiger partial charge in [0.15, 0.2) is 0 Å². The summed E-state index contributed by atoms with van der Waals surface area (Å²) in [7, 11) is 0. The summed E-state index contributed by atoms with van der Waals surface area (Å²) in [5.74, 6) is 0. The Balaban J connectivity index is 2.86. The van der Waals surface area contributed by atoms with Crippen molar-refractivity contribution in [3.05, 3.63) is 28.3 Å². The number of nitrogens with zero attached hydrogens (tertiary/aromatic N) is 1. The van der Waals surface area contributed by atoms with E-state index in [1.54, 1.807) is 6.07 Å². The number of benzene rings is 1. The number of alkyl halides is 3. The van der Waals surface area contributed by atoms with Crippen LogP contribution in [0.3, 0.4) is 0 Å². The molecule has 1 rings (SSSR count). The second-order valence-electron chi connectivity index (χ2n) is 4.18. The Labute approximate surface area is 114 Å². The molecule has 0 heterocycles. The summed E-state index contributed by atoms with van der Waals surface area (Å²) >= 11 is 0. The van der Waals surface area contributed by atoms with Crippen LogP contribution < -0.4 is 10.6 Å². The number of anilines is 2. The predicted octanol–water partition coefficient (Wildman–Crippen LogP) is 3.78. The van der Waals surface area contributed by atoms with Crippen molar-refractivity contribution >= 4 is 17.1 Å². The van der Waals surface area contributed by atoms with Gasteiger partial charge in [-0.2, -0.15) is 13.2 Å². The second-order valence-corrected chi connectivity index (χ2v) is 4.18. The highest BCUT2D eigenvalue weighted by Crippen LogP contribution is 2.33. The number of nitro groups is 1. The number of para-hydroxylation sites is 1. The molecule has 0 aliphatic carbocycles. The van der Waals surface area contributed by atoms with Crippen LogP contribution in [0.5, 0.6) is 0 Å². The first kappa shape index (κ1) is 16.1. The van der Waals surface area contributed by atoms with Gasteiger partial charge in [-0.25, -0.2) is 0 Å². The Morgan fingerprint density at radius 2 is 1.75 bits per heavy atom. The Kier molecular flexibility index (Phi) is 5.60. The first-order valence-corrected chi connectivity index (χ1v) is 6.17. The molecule has 112 valence electrons. The first-order chi connectivity index (χ1) is 9.35. The number of hydrogen-bond donors (Lipinski definition) is 2. The SMILES string of the molecule is CCCNc1cccc(NCCC(F)(F)F)c1[N+](=O)[O-]. The number of halogens is 3. The van der Waals surface area contributed by atoms with Crippen LogP contribution in [-0.2, 0) is 0 Å². The van der Waals surface area contributed by atoms with Gasteiger partial charge in [0.25, 0.3) is 0 Å². The molecule has 0 fully saturated rings. The molecule has 5 nitrogen and oxygen atoms in total. The molecule has 0 unspecified atom stereocenters. The summed E-state index contributed by atoms with van der Waals surface area (Å²) in [5, 5.41) is 16.4. The fraction of sp³-hybridized carbons (Fsp3) is 0.500. The van der Waals surface area contributed by atoms with Crippen LogP contribution >= 0.6 is 0 Å². The van der Waals surface area contributed by atoms with E-state index in [2.05, 4.69) is 10.6 Å². The number of rotatable bonds is 7. The van der Waals surface area contributed by atoms with Gasteiger partial charge in [-0.15, -0.1) is 0 Å². The van der Waals surface area contributed by atoms with Crippen molar-refractivity contribution in [2.24, 2.45) is 0 Å². The van der Waals surface area contributed by atoms with Gasteiger partial charge in [-0.1, -0.05) is 13.0 Å². The molecule has 0 aliphatic rings. The minimum Gasteiger partial charge on any atom is -0.379 e. The molecule has 0 amide bonds. The van der Waals surface area contributed by atoms with E-state index in [9.17, 15) is 23.3 Å². The van der Waals surface area contributed by atoms with E-state index in [0.717, 1.165) is 6.42 Å². The number of nitrogens with one attached hydrogen (secondary N) is 2. The highest BCUT2D eigenvalue weighted by molar-refractivity contribution is 5.76. The smallest absolute Gasteiger partial charge is 0.379 e. The molecule has 0 aromatic heterocycles. The summed E-state index contributed by atoms with van der Waals surface area (Å²) in [6.07, 6.45) is -4.56. The zero-order valence-electron chi connectivity index (χ0n) is 11.0. The van der Waals surface area contributed by atoms with E-state index in [1.807, 2.05) is 6.92 Å². The van der Waals surface area contributed by atoms with Gasteiger partial charge in [0.2, 0.25) is 0 Å². The topological polar surface area (TPSA) is 67.2 Å². The molecule has 0 radical (unpaired) electrons. The van der Waals surface area contributed by atoms with Crippen molar-refractivity contribution in [1.82, 2.24) is 0 Å². The molecule has 0 saturated heterocycles. The van der Waals surface area contributed by atoms with Crippen LogP contribution in [0, 0.1) is 10.1 Å². The summed E-state index contributed by atoms with van der Waals surface area (Å²) in [4.78, 5) is 10.5. The molecule has 1 aromatic rings. The summed E-state index contributed by atoms with van der Waals surface area (Å²) in [6, 6.07) is 4.48. The number of nitro benzene ring substituents is 1. The van der Waals surface area contributed by atoms with E-state index < -0.39 is 24.1 Å². The molecule has 8 heteroatoms. The summed E-state index contributed by atoms with van der Waals surface area (Å²) in [5.41, 5.74) is 0.150. The van der Waals surface area contributed by atoms with Crippen LogP contribution in [0.25, 0.3) is 0 Å². The van der Waals surface area contributed by atoms with Gasteiger partial charge in [0, 0.05) is 13.1 Å². The number of hydrogen-bond acceptors (Lipinski definition) is 4. The van der Waals surface area contributed by atoms with Crippen molar-refractivity contribution in [1.29, 1.82) is 0 Å². The van der Waals surface area contributed by atoms with Gasteiger partial charge >= 0.3 is 11.9 Å². The zero-order valence-corrected chi connectivity index (χ0v) is 11.0. The minimum atomic E-state index is -4.29. The zero-order chi connectivity index (χ0) is 15.2. The van der Waals surface area contributed by atoms with Crippen molar-refractivity contribution in [2.75, 3.05) is 23.7 Å². The lowest BCUT2D eigenvalue weighted by Crippen LogP contribution is -2.15. The lowest BCUT2D eigenvalue weighted by molar-refractivity contribution is -0.383. The molecule has 0 atom stereocenters. The van der Waals surface area contributed by atoms with E-state index in [4.69, 9.17) is 0 Å². The highest BCUT2D eigenvalue weighted by Gasteiger charge is 2.27. The lowest BCUT2D eigenvalue weighted by Gasteiger charge is -2.12. The maximum atomic E-state index is 12.1. The molecule has 0 aliphatic heterocycles. The van der Waals surface area contributed by atoms with Crippen LogP contribution in [0.4, 0.5) is 30.2 Å². The quantitative estimate of drug-likeness (QED) is 0.592. The van der Waals surface area contributed by atoms with E-state index in [1.165, 1.54) is 12.1 Å². The monoisotopic (exact) mass is 291 g/mol. The van der Waals surface area contributed by atoms with Gasteiger partial charge in [0.05, 0.1) is 11.3 Å². The molecular weight excluding hydrogens is 275 g/mol. The Bertz CT molecular complexity index is 464. The summed E-state index contributed by atoms with van der Waals surface area (Å²) < 4.78 is 36.2. The average Bonchev–Trinajstić information content (AvgIpc) is 2.34. The Morgan fingerprint density at radius 1 is 1.20 bits per heavy atom. The Hall–Kier alpha value is -1.99. The fourth-order valence-electron chi connectivity index (χ4n) is 1.62. The van der Waals surface area contributed by atoms with Crippen LogP contribution in [0.15, 0.2) is 18.2 Å². The third-order valence-corrected chi connectivity index (χ3v) is 2.51. The van der Waals surface area contributed by atoms with Gasteiger partial charge < -0.3 is 10.6 Å². The maximum Gasteiger partial charge on any atom is 0.390 e. The van der Waals surface area contributed by atoms with Crippen molar-refractivity contribution in [2.45, 2.75) is 25.9 Å². The second kappa shape index (κ2) is 6.97. The summed E-state index contributed by atoms with van der Waals surface area (Å²) in [6.45, 7) is 2.05. The molecular formula is C12H16F3N3O2.